The fourth-order valence-corrected chi connectivity index (χ4v) is 5.26. The summed E-state index contributed by atoms with van der Waals surface area (Å²) in [7, 11) is -3.98. The highest BCUT2D eigenvalue weighted by atomic mass is 32.2. The number of para-hydroxylation sites is 1. The van der Waals surface area contributed by atoms with Crippen LogP contribution in [0, 0.1) is 0 Å². The standard InChI is InChI=1S/C24H15NO5S/c26-22-17-11-4-5-12-18(17)23(27)24(28)21(22)19-14-25(20-13-7-6-10-16(19)20)31(29,30)15-8-2-1-3-9-15/h1-14,26H. The SMILES string of the molecule is O=C1C(=O)c2ccccc2C(O)=C1c1cn(S(=O)(=O)c2ccccc2)c2ccccc12. The zero-order valence-corrected chi connectivity index (χ0v) is 16.8. The Hall–Kier alpha value is -3.97. The highest BCUT2D eigenvalue weighted by Gasteiger charge is 2.35. The Morgan fingerprint density at radius 1 is 0.677 bits per heavy atom. The zero-order chi connectivity index (χ0) is 21.8. The molecule has 7 heteroatoms. The third-order valence-electron chi connectivity index (χ3n) is 5.34. The molecule has 3 aromatic carbocycles. The minimum atomic E-state index is -3.98. The molecule has 0 saturated carbocycles. The van der Waals surface area contributed by atoms with E-state index >= 15 is 0 Å². The summed E-state index contributed by atoms with van der Waals surface area (Å²) in [5, 5.41) is 11.3. The first-order valence-electron chi connectivity index (χ1n) is 9.44. The molecule has 1 aromatic heterocycles. The second-order valence-electron chi connectivity index (χ2n) is 7.10. The Labute approximate surface area is 177 Å². The predicted octanol–water partition coefficient (Wildman–Crippen LogP) is 4.07. The van der Waals surface area contributed by atoms with E-state index in [9.17, 15) is 23.1 Å². The van der Waals surface area contributed by atoms with Gasteiger partial charge >= 0.3 is 0 Å². The number of hydrogen-bond acceptors (Lipinski definition) is 5. The number of Topliss-reactive ketones (excluding diaryl/α,β-unsaturated/α-hetero) is 2. The fourth-order valence-electron chi connectivity index (χ4n) is 3.87. The topological polar surface area (TPSA) is 93.4 Å². The van der Waals surface area contributed by atoms with Gasteiger partial charge in [0.05, 0.1) is 16.0 Å². The Morgan fingerprint density at radius 3 is 2.03 bits per heavy atom. The van der Waals surface area contributed by atoms with Crippen molar-refractivity contribution < 1.29 is 23.1 Å². The molecule has 1 heterocycles. The summed E-state index contributed by atoms with van der Waals surface area (Å²) in [6.07, 6.45) is 1.29. The van der Waals surface area contributed by atoms with Crippen molar-refractivity contribution in [2.45, 2.75) is 4.90 Å². The lowest BCUT2D eigenvalue weighted by atomic mass is 9.85. The number of benzene rings is 3. The number of aliphatic hydroxyl groups excluding tert-OH is 1. The van der Waals surface area contributed by atoms with E-state index in [0.29, 0.717) is 10.9 Å². The van der Waals surface area contributed by atoms with Crippen molar-refractivity contribution in [1.82, 2.24) is 3.97 Å². The zero-order valence-electron chi connectivity index (χ0n) is 16.0. The molecule has 0 saturated heterocycles. The molecule has 0 fully saturated rings. The molecule has 0 atom stereocenters. The highest BCUT2D eigenvalue weighted by Crippen LogP contribution is 2.38. The molecule has 5 rings (SSSR count). The summed E-state index contributed by atoms with van der Waals surface area (Å²) in [5.41, 5.74) is 0.669. The third-order valence-corrected chi connectivity index (χ3v) is 7.03. The number of ketones is 2. The van der Waals surface area contributed by atoms with Crippen molar-refractivity contribution in [2.24, 2.45) is 0 Å². The van der Waals surface area contributed by atoms with Crippen LogP contribution in [0.4, 0.5) is 0 Å². The highest BCUT2D eigenvalue weighted by molar-refractivity contribution is 7.90. The van der Waals surface area contributed by atoms with Gasteiger partial charge in [0.15, 0.2) is 0 Å². The molecule has 6 nitrogen and oxygen atoms in total. The van der Waals surface area contributed by atoms with E-state index in [2.05, 4.69) is 0 Å². The van der Waals surface area contributed by atoms with Crippen molar-refractivity contribution in [3.05, 3.63) is 102 Å². The van der Waals surface area contributed by atoms with Gasteiger partial charge in [-0.15, -0.1) is 0 Å². The summed E-state index contributed by atoms with van der Waals surface area (Å²) in [4.78, 5) is 25.7. The number of carbonyl (C=O) groups excluding carboxylic acids is 2. The maximum atomic E-state index is 13.3. The smallest absolute Gasteiger partial charge is 0.268 e. The molecule has 0 unspecified atom stereocenters. The molecule has 0 bridgehead atoms. The van der Waals surface area contributed by atoms with Crippen LogP contribution in [0.5, 0.6) is 0 Å². The van der Waals surface area contributed by atoms with Crippen molar-refractivity contribution in [3.63, 3.8) is 0 Å². The first-order valence-corrected chi connectivity index (χ1v) is 10.9. The summed E-state index contributed by atoms with van der Waals surface area (Å²) >= 11 is 0. The van der Waals surface area contributed by atoms with Gasteiger partial charge < -0.3 is 5.11 Å². The van der Waals surface area contributed by atoms with Gasteiger partial charge in [-0.05, 0) is 18.2 Å². The van der Waals surface area contributed by atoms with Crippen LogP contribution in [-0.2, 0) is 14.8 Å². The van der Waals surface area contributed by atoms with Crippen molar-refractivity contribution in [2.75, 3.05) is 0 Å². The number of aliphatic hydroxyl groups is 1. The van der Waals surface area contributed by atoms with Crippen LogP contribution in [-0.4, -0.2) is 29.1 Å². The van der Waals surface area contributed by atoms with Gasteiger partial charge in [-0.2, -0.15) is 0 Å². The monoisotopic (exact) mass is 429 g/mol. The van der Waals surface area contributed by atoms with Crippen molar-refractivity contribution in [1.29, 1.82) is 0 Å². The second-order valence-corrected chi connectivity index (χ2v) is 8.92. The van der Waals surface area contributed by atoms with E-state index < -0.39 is 21.6 Å². The van der Waals surface area contributed by atoms with E-state index in [1.54, 1.807) is 60.7 Å². The van der Waals surface area contributed by atoms with Crippen LogP contribution in [0.15, 0.2) is 90.0 Å². The van der Waals surface area contributed by atoms with Gasteiger partial charge in [-0.3, -0.25) is 9.59 Å². The number of fused-ring (bicyclic) bond motifs is 2. The summed E-state index contributed by atoms with van der Waals surface area (Å²) in [5.74, 6) is -1.97. The molecular formula is C24H15NO5S. The summed E-state index contributed by atoms with van der Waals surface area (Å²) in [6, 6.07) is 20.8. The van der Waals surface area contributed by atoms with Crippen LogP contribution in [0.3, 0.4) is 0 Å². The van der Waals surface area contributed by atoms with Gasteiger partial charge in [0, 0.05) is 28.3 Å². The number of allylic oxidation sites excluding steroid dienone is 1. The number of carbonyl (C=O) groups is 2. The van der Waals surface area contributed by atoms with Crippen molar-refractivity contribution >= 4 is 43.8 Å². The molecule has 31 heavy (non-hydrogen) atoms. The van der Waals surface area contributed by atoms with Gasteiger partial charge in [-0.25, -0.2) is 12.4 Å². The molecule has 1 N–H and O–H groups in total. The molecule has 1 aliphatic carbocycles. The largest absolute Gasteiger partial charge is 0.506 e. The van der Waals surface area contributed by atoms with E-state index in [4.69, 9.17) is 0 Å². The minimum absolute atomic E-state index is 0.0805. The first-order chi connectivity index (χ1) is 14.9. The van der Waals surface area contributed by atoms with E-state index in [1.165, 1.54) is 24.4 Å². The van der Waals surface area contributed by atoms with Gasteiger partial charge in [-0.1, -0.05) is 60.7 Å². The average molecular weight is 429 g/mol. The molecule has 152 valence electrons. The third kappa shape index (κ3) is 2.74. The van der Waals surface area contributed by atoms with Crippen LogP contribution >= 0.6 is 0 Å². The van der Waals surface area contributed by atoms with Crippen LogP contribution < -0.4 is 0 Å². The normalized spacial score (nSPS) is 14.2. The number of aromatic nitrogens is 1. The van der Waals surface area contributed by atoms with Gasteiger partial charge in [0.2, 0.25) is 11.6 Å². The molecule has 0 aliphatic heterocycles. The van der Waals surface area contributed by atoms with Crippen LogP contribution in [0.1, 0.15) is 21.5 Å². The van der Waals surface area contributed by atoms with Crippen LogP contribution in [0.25, 0.3) is 22.2 Å². The fraction of sp³-hybridized carbons (Fsp3) is 0. The predicted molar refractivity (Wildman–Crippen MR) is 116 cm³/mol. The summed E-state index contributed by atoms with van der Waals surface area (Å²) < 4.78 is 27.7. The molecule has 1 aliphatic rings. The van der Waals surface area contributed by atoms with Gasteiger partial charge in [0.1, 0.15) is 5.76 Å². The Morgan fingerprint density at radius 2 is 1.29 bits per heavy atom. The molecule has 4 aromatic rings. The first kappa shape index (κ1) is 19.0. The Bertz CT molecular complexity index is 1530. The van der Waals surface area contributed by atoms with E-state index in [1.807, 2.05) is 0 Å². The Kier molecular flexibility index (Phi) is 4.16. The second kappa shape index (κ2) is 6.78. The van der Waals surface area contributed by atoms with Crippen LogP contribution in [0.2, 0.25) is 0 Å². The average Bonchev–Trinajstić information content (AvgIpc) is 3.19. The lowest BCUT2D eigenvalue weighted by Gasteiger charge is -2.17. The number of nitrogens with zero attached hydrogens (tertiary/aromatic N) is 1. The lowest BCUT2D eigenvalue weighted by molar-refractivity contribution is -0.110. The number of rotatable bonds is 3. The lowest BCUT2D eigenvalue weighted by Crippen LogP contribution is -2.23. The summed E-state index contributed by atoms with van der Waals surface area (Å²) in [6.45, 7) is 0. The maximum absolute atomic E-state index is 13.3. The molecule has 0 amide bonds. The Balaban J connectivity index is 1.83. The maximum Gasteiger partial charge on any atom is 0.268 e. The molecular weight excluding hydrogens is 414 g/mol. The van der Waals surface area contributed by atoms with E-state index in [0.717, 1.165) is 3.97 Å². The molecule has 0 spiro atoms. The molecule has 0 radical (unpaired) electrons. The quantitative estimate of drug-likeness (QED) is 0.496. The van der Waals surface area contributed by atoms with Crippen molar-refractivity contribution in [3.8, 4) is 0 Å². The van der Waals surface area contributed by atoms with Gasteiger partial charge in [0.25, 0.3) is 10.0 Å². The van der Waals surface area contributed by atoms with E-state index in [-0.39, 0.29) is 32.9 Å². The minimum Gasteiger partial charge on any atom is -0.506 e. The number of hydrogen-bond donors (Lipinski definition) is 1.